The van der Waals surface area contributed by atoms with Crippen LogP contribution >= 0.6 is 0 Å². The van der Waals surface area contributed by atoms with Gasteiger partial charge < -0.3 is 14.7 Å². The molecule has 3 aliphatic rings. The summed E-state index contributed by atoms with van der Waals surface area (Å²) < 4.78 is 0.732. The number of hydrogen-bond acceptors (Lipinski definition) is 3. The second kappa shape index (κ2) is 5.63. The lowest BCUT2D eigenvalue weighted by molar-refractivity contribution is -0.990. The Morgan fingerprint density at radius 3 is 2.46 bits per heavy atom. The Balaban J connectivity index is 1.89. The molecule has 0 saturated carbocycles. The summed E-state index contributed by atoms with van der Waals surface area (Å²) in [5, 5.41) is 23.4. The van der Waals surface area contributed by atoms with Gasteiger partial charge in [0.1, 0.15) is 23.5 Å². The second-order valence-corrected chi connectivity index (χ2v) is 9.51. The monoisotopic (exact) mass is 358 g/mol. The summed E-state index contributed by atoms with van der Waals surface area (Å²) in [6, 6.07) is 10.4. The first-order valence-electron chi connectivity index (χ1n) is 9.99. The van der Waals surface area contributed by atoms with Gasteiger partial charge in [-0.3, -0.25) is 4.79 Å². The third-order valence-corrected chi connectivity index (χ3v) is 8.19. The number of ketones is 1. The van der Waals surface area contributed by atoms with Crippen molar-refractivity contribution < 1.29 is 19.5 Å². The highest BCUT2D eigenvalue weighted by Crippen LogP contribution is 2.59. The van der Waals surface area contributed by atoms with E-state index in [1.165, 1.54) is 0 Å². The fourth-order valence-electron chi connectivity index (χ4n) is 7.03. The Kier molecular flexibility index (Phi) is 3.93. The molecular formula is C22H32NO3+. The zero-order valence-electron chi connectivity index (χ0n) is 16.4. The SMILES string of the molecule is CC(=O)C1C2CCC3CC(C)C(O)(c4ccccc4)C(CC1(C)O)[N+]32C. The molecule has 3 saturated heterocycles. The summed E-state index contributed by atoms with van der Waals surface area (Å²) in [6.45, 7) is 5.57. The van der Waals surface area contributed by atoms with E-state index in [0.29, 0.717) is 12.5 Å². The summed E-state index contributed by atoms with van der Waals surface area (Å²) >= 11 is 0. The molecule has 142 valence electrons. The lowest BCUT2D eigenvalue weighted by atomic mass is 9.61. The molecule has 3 fully saturated rings. The summed E-state index contributed by atoms with van der Waals surface area (Å²) in [4.78, 5) is 12.5. The van der Waals surface area contributed by atoms with E-state index in [-0.39, 0.29) is 29.7 Å². The Morgan fingerprint density at radius 2 is 1.85 bits per heavy atom. The number of likely N-dealkylation sites (N-methyl/N-ethyl adjacent to an activating group) is 1. The first kappa shape index (κ1) is 18.1. The molecule has 4 nitrogen and oxygen atoms in total. The van der Waals surface area contributed by atoms with Crippen molar-refractivity contribution in [2.24, 2.45) is 11.8 Å². The summed E-state index contributed by atoms with van der Waals surface area (Å²) in [5.74, 6) is -0.142. The molecule has 2 N–H and O–H groups in total. The van der Waals surface area contributed by atoms with Crippen LogP contribution in [-0.2, 0) is 10.4 Å². The Bertz CT molecular complexity index is 717. The van der Waals surface area contributed by atoms with E-state index in [9.17, 15) is 15.0 Å². The lowest BCUT2D eigenvalue weighted by Crippen LogP contribution is -2.78. The lowest BCUT2D eigenvalue weighted by Gasteiger charge is -2.64. The third-order valence-electron chi connectivity index (χ3n) is 8.19. The van der Waals surface area contributed by atoms with Crippen LogP contribution in [0.4, 0.5) is 0 Å². The number of carbonyl (C=O) groups is 1. The number of carbonyl (C=O) groups excluding carboxylic acids is 1. The van der Waals surface area contributed by atoms with Gasteiger partial charge in [-0.05, 0) is 19.4 Å². The van der Waals surface area contributed by atoms with Gasteiger partial charge in [0, 0.05) is 31.6 Å². The van der Waals surface area contributed by atoms with Crippen LogP contribution < -0.4 is 0 Å². The van der Waals surface area contributed by atoms with Gasteiger partial charge in [-0.25, -0.2) is 0 Å². The summed E-state index contributed by atoms with van der Waals surface area (Å²) in [5.41, 5.74) is -1.12. The largest absolute Gasteiger partial charge is 0.389 e. The standard InChI is InChI=1S/C22H32NO3/c1-14-12-17-10-11-18-20(15(2)24)21(3,25)13-19(23(17,18)4)22(14,26)16-8-6-5-7-9-16/h5-9,14,17-20,25-26H,10-13H2,1-4H3/q+1. The molecule has 8 unspecified atom stereocenters. The molecule has 0 spiro atoms. The van der Waals surface area contributed by atoms with Crippen molar-refractivity contribution in [3.05, 3.63) is 35.9 Å². The molecule has 3 aliphatic heterocycles. The van der Waals surface area contributed by atoms with Crippen molar-refractivity contribution in [2.45, 2.75) is 75.8 Å². The van der Waals surface area contributed by atoms with E-state index in [0.717, 1.165) is 29.3 Å². The fourth-order valence-corrected chi connectivity index (χ4v) is 7.03. The zero-order chi connectivity index (χ0) is 18.9. The van der Waals surface area contributed by atoms with Crippen LogP contribution in [-0.4, -0.2) is 51.3 Å². The first-order valence-corrected chi connectivity index (χ1v) is 9.99. The summed E-state index contributed by atoms with van der Waals surface area (Å²) in [7, 11) is 2.23. The molecule has 4 rings (SSSR count). The van der Waals surface area contributed by atoms with E-state index in [1.807, 2.05) is 30.3 Å². The highest BCUT2D eigenvalue weighted by molar-refractivity contribution is 5.80. The topological polar surface area (TPSA) is 57.5 Å². The number of aliphatic hydroxyl groups is 2. The van der Waals surface area contributed by atoms with Crippen LogP contribution in [0.5, 0.6) is 0 Å². The maximum Gasteiger partial charge on any atom is 0.144 e. The van der Waals surface area contributed by atoms with Gasteiger partial charge in [0.05, 0.1) is 24.6 Å². The Morgan fingerprint density at radius 1 is 1.19 bits per heavy atom. The number of piperidine rings is 2. The zero-order valence-corrected chi connectivity index (χ0v) is 16.4. The van der Waals surface area contributed by atoms with Gasteiger partial charge >= 0.3 is 0 Å². The average molecular weight is 359 g/mol. The molecule has 1 aromatic rings. The quantitative estimate of drug-likeness (QED) is 0.799. The van der Waals surface area contributed by atoms with Gasteiger partial charge in [0.2, 0.25) is 0 Å². The van der Waals surface area contributed by atoms with E-state index in [4.69, 9.17) is 0 Å². The number of rotatable bonds is 2. The van der Waals surface area contributed by atoms with Gasteiger partial charge in [0.25, 0.3) is 0 Å². The second-order valence-electron chi connectivity index (χ2n) is 9.51. The molecule has 26 heavy (non-hydrogen) atoms. The number of benzene rings is 1. The van der Waals surface area contributed by atoms with Crippen molar-refractivity contribution in [1.29, 1.82) is 0 Å². The van der Waals surface area contributed by atoms with Gasteiger partial charge in [-0.2, -0.15) is 0 Å². The molecule has 0 bridgehead atoms. The smallest absolute Gasteiger partial charge is 0.144 e. The minimum Gasteiger partial charge on any atom is -0.389 e. The van der Waals surface area contributed by atoms with Crippen molar-refractivity contribution in [2.75, 3.05) is 7.05 Å². The summed E-state index contributed by atoms with van der Waals surface area (Å²) in [6.07, 6.45) is 3.44. The minimum absolute atomic E-state index is 0.0836. The number of nitrogens with zero attached hydrogens (tertiary/aromatic N) is 1. The van der Waals surface area contributed by atoms with Gasteiger partial charge in [0.15, 0.2) is 0 Å². The normalized spacial score (nSPS) is 50.3. The van der Waals surface area contributed by atoms with E-state index < -0.39 is 11.2 Å². The number of quaternary nitrogens is 1. The van der Waals surface area contributed by atoms with Crippen LogP contribution in [0.3, 0.4) is 0 Å². The predicted octanol–water partition coefficient (Wildman–Crippen LogP) is 2.62. The van der Waals surface area contributed by atoms with Gasteiger partial charge in [-0.15, -0.1) is 0 Å². The Labute approximate surface area is 156 Å². The molecule has 4 heteroatoms. The maximum atomic E-state index is 12.5. The van der Waals surface area contributed by atoms with Crippen molar-refractivity contribution >= 4 is 5.78 Å². The van der Waals surface area contributed by atoms with Crippen LogP contribution in [0, 0.1) is 11.8 Å². The van der Waals surface area contributed by atoms with E-state index in [2.05, 4.69) is 14.0 Å². The Hall–Kier alpha value is -1.23. The average Bonchev–Trinajstić information content (AvgIpc) is 2.90. The van der Waals surface area contributed by atoms with Crippen molar-refractivity contribution in [1.82, 2.24) is 0 Å². The molecule has 8 atom stereocenters. The molecule has 0 aromatic heterocycles. The van der Waals surface area contributed by atoms with Crippen LogP contribution in [0.15, 0.2) is 30.3 Å². The van der Waals surface area contributed by atoms with Gasteiger partial charge in [-0.1, -0.05) is 37.3 Å². The predicted molar refractivity (Wildman–Crippen MR) is 100 cm³/mol. The highest BCUT2D eigenvalue weighted by Gasteiger charge is 2.71. The van der Waals surface area contributed by atoms with Crippen LogP contribution in [0.2, 0.25) is 0 Å². The third kappa shape index (κ3) is 2.15. The molecule has 0 amide bonds. The van der Waals surface area contributed by atoms with Crippen molar-refractivity contribution in [3.8, 4) is 0 Å². The molecular weight excluding hydrogens is 326 g/mol. The molecule has 0 aliphatic carbocycles. The van der Waals surface area contributed by atoms with Crippen LogP contribution in [0.1, 0.15) is 52.0 Å². The molecule has 3 heterocycles. The van der Waals surface area contributed by atoms with Crippen LogP contribution in [0.25, 0.3) is 0 Å². The highest BCUT2D eigenvalue weighted by atomic mass is 16.3. The van der Waals surface area contributed by atoms with E-state index in [1.54, 1.807) is 13.8 Å². The molecule has 0 radical (unpaired) electrons. The van der Waals surface area contributed by atoms with Crippen molar-refractivity contribution in [3.63, 3.8) is 0 Å². The number of hydrogen-bond donors (Lipinski definition) is 2. The fraction of sp³-hybridized carbons (Fsp3) is 0.682. The number of Topliss-reactive ketones (excluding diaryl/α,β-unsaturated/α-hetero) is 1. The first-order chi connectivity index (χ1) is 12.1. The minimum atomic E-state index is -1.08. The van der Waals surface area contributed by atoms with E-state index >= 15 is 0 Å². The molecule has 1 aromatic carbocycles. The maximum absolute atomic E-state index is 12.5.